The van der Waals surface area contributed by atoms with E-state index in [0.29, 0.717) is 5.92 Å². The van der Waals surface area contributed by atoms with Crippen molar-refractivity contribution in [2.45, 2.75) is 51.9 Å². The van der Waals surface area contributed by atoms with E-state index in [4.69, 9.17) is 4.98 Å². The maximum absolute atomic E-state index is 4.74. The monoisotopic (exact) mass is 359 g/mol. The minimum absolute atomic E-state index is 0.563. The van der Waals surface area contributed by atoms with E-state index in [9.17, 15) is 0 Å². The number of anilines is 1. The van der Waals surface area contributed by atoms with E-state index in [0.717, 1.165) is 34.1 Å². The number of halogens is 1. The first-order valence-electron chi connectivity index (χ1n) is 6.97. The number of hydrogen-bond acceptors (Lipinski definition) is 3. The lowest BCUT2D eigenvalue weighted by atomic mass is 9.82. The van der Waals surface area contributed by atoms with Gasteiger partial charge in [-0.05, 0) is 47.8 Å². The van der Waals surface area contributed by atoms with Crippen LogP contribution < -0.4 is 5.32 Å². The summed E-state index contributed by atoms with van der Waals surface area (Å²) in [7, 11) is 0. The molecule has 0 aromatic carbocycles. The minimum atomic E-state index is 0.563. The molecule has 0 aliphatic heterocycles. The van der Waals surface area contributed by atoms with Crippen LogP contribution in [0.1, 0.15) is 57.7 Å². The summed E-state index contributed by atoms with van der Waals surface area (Å²) in [6, 6.07) is 0. The smallest absolute Gasteiger partial charge is 0.143 e. The highest BCUT2D eigenvalue weighted by Crippen LogP contribution is 2.34. The van der Waals surface area contributed by atoms with Gasteiger partial charge in [0.1, 0.15) is 11.6 Å². The zero-order valence-corrected chi connectivity index (χ0v) is 13.4. The van der Waals surface area contributed by atoms with Gasteiger partial charge in [-0.2, -0.15) is 0 Å². The summed E-state index contributed by atoms with van der Waals surface area (Å²) in [6.45, 7) is 5.49. The molecule has 2 atom stereocenters. The molecule has 3 nitrogen and oxygen atoms in total. The molecule has 0 amide bonds. The molecule has 0 radical (unpaired) electrons. The molecule has 1 aromatic rings. The maximum Gasteiger partial charge on any atom is 0.143 e. The Bertz CT molecular complexity index is 395. The third-order valence-corrected chi connectivity index (χ3v) is 4.40. The maximum atomic E-state index is 4.74. The normalized spacial score (nSPS) is 23.9. The highest BCUT2D eigenvalue weighted by Gasteiger charge is 2.23. The highest BCUT2D eigenvalue weighted by molar-refractivity contribution is 14.1. The number of hydrogen-bond donors (Lipinski definition) is 1. The Morgan fingerprint density at radius 3 is 3.00 bits per heavy atom. The van der Waals surface area contributed by atoms with Crippen LogP contribution in [-0.2, 0) is 0 Å². The van der Waals surface area contributed by atoms with Gasteiger partial charge in [0.2, 0.25) is 0 Å². The van der Waals surface area contributed by atoms with Gasteiger partial charge in [0.25, 0.3) is 0 Å². The molecule has 1 N–H and O–H groups in total. The Kier molecular flexibility index (Phi) is 5.21. The number of rotatable bonds is 4. The molecular weight excluding hydrogens is 337 g/mol. The Morgan fingerprint density at radius 2 is 2.28 bits per heavy atom. The van der Waals surface area contributed by atoms with Gasteiger partial charge in [-0.3, -0.25) is 0 Å². The van der Waals surface area contributed by atoms with Crippen molar-refractivity contribution in [3.63, 3.8) is 0 Å². The Balaban J connectivity index is 2.12. The van der Waals surface area contributed by atoms with Crippen LogP contribution in [-0.4, -0.2) is 16.5 Å². The molecule has 4 heteroatoms. The van der Waals surface area contributed by atoms with E-state index in [1.165, 1.54) is 25.7 Å². The molecule has 2 unspecified atom stereocenters. The Hall–Kier alpha value is -0.390. The average Bonchev–Trinajstić information content (AvgIpc) is 2.38. The second-order valence-corrected chi connectivity index (χ2v) is 6.48. The van der Waals surface area contributed by atoms with E-state index >= 15 is 0 Å². The predicted molar refractivity (Wildman–Crippen MR) is 83.9 cm³/mol. The predicted octanol–water partition coefficient (Wildman–Crippen LogP) is 4.20. The summed E-state index contributed by atoms with van der Waals surface area (Å²) in [6.07, 6.45) is 8.25. The van der Waals surface area contributed by atoms with Crippen molar-refractivity contribution < 1.29 is 0 Å². The highest BCUT2D eigenvalue weighted by atomic mass is 127. The van der Waals surface area contributed by atoms with Gasteiger partial charge >= 0.3 is 0 Å². The lowest BCUT2D eigenvalue weighted by Gasteiger charge is -2.25. The van der Waals surface area contributed by atoms with Gasteiger partial charge in [-0.15, -0.1) is 0 Å². The molecule has 0 bridgehead atoms. The lowest BCUT2D eigenvalue weighted by Crippen LogP contribution is -2.15. The summed E-state index contributed by atoms with van der Waals surface area (Å²) >= 11 is 2.30. The van der Waals surface area contributed by atoms with Crippen LogP contribution in [0.15, 0.2) is 6.20 Å². The van der Waals surface area contributed by atoms with E-state index < -0.39 is 0 Å². The van der Waals surface area contributed by atoms with Crippen molar-refractivity contribution in [3.8, 4) is 0 Å². The van der Waals surface area contributed by atoms with Crippen LogP contribution in [0.4, 0.5) is 5.82 Å². The van der Waals surface area contributed by atoms with E-state index in [1.807, 2.05) is 6.20 Å². The third kappa shape index (κ3) is 3.56. The molecule has 100 valence electrons. The van der Waals surface area contributed by atoms with Crippen molar-refractivity contribution in [2.75, 3.05) is 11.9 Å². The molecule has 1 aliphatic carbocycles. The fourth-order valence-corrected chi connectivity index (χ4v) is 3.06. The van der Waals surface area contributed by atoms with Gasteiger partial charge in [0, 0.05) is 18.7 Å². The topological polar surface area (TPSA) is 37.8 Å². The Labute approximate surface area is 123 Å². The number of aromatic nitrogens is 2. The summed E-state index contributed by atoms with van der Waals surface area (Å²) < 4.78 is 1.12. The number of nitrogens with zero attached hydrogens (tertiary/aromatic N) is 2. The van der Waals surface area contributed by atoms with Crippen molar-refractivity contribution in [3.05, 3.63) is 15.6 Å². The van der Waals surface area contributed by atoms with Crippen LogP contribution in [0.3, 0.4) is 0 Å². The molecular formula is C14H22IN3. The van der Waals surface area contributed by atoms with Crippen LogP contribution in [0, 0.1) is 9.49 Å². The van der Waals surface area contributed by atoms with Crippen molar-refractivity contribution >= 4 is 28.4 Å². The average molecular weight is 359 g/mol. The fraction of sp³-hybridized carbons (Fsp3) is 0.714. The van der Waals surface area contributed by atoms with Crippen LogP contribution in [0.5, 0.6) is 0 Å². The quantitative estimate of drug-likeness (QED) is 0.819. The molecule has 1 aliphatic rings. The zero-order chi connectivity index (χ0) is 13.0. The fourth-order valence-electron chi connectivity index (χ4n) is 2.61. The van der Waals surface area contributed by atoms with Gasteiger partial charge in [-0.1, -0.05) is 26.7 Å². The summed E-state index contributed by atoms with van der Waals surface area (Å²) in [5.74, 6) is 3.44. The first-order chi connectivity index (χ1) is 8.70. The van der Waals surface area contributed by atoms with Crippen molar-refractivity contribution in [2.24, 2.45) is 5.92 Å². The van der Waals surface area contributed by atoms with Gasteiger partial charge in [0.15, 0.2) is 0 Å². The summed E-state index contributed by atoms with van der Waals surface area (Å²) in [5.41, 5.74) is 0. The minimum Gasteiger partial charge on any atom is -0.369 e. The van der Waals surface area contributed by atoms with Crippen LogP contribution in [0.2, 0.25) is 0 Å². The molecule has 1 fully saturated rings. The van der Waals surface area contributed by atoms with E-state index in [2.05, 4.69) is 46.7 Å². The Morgan fingerprint density at radius 1 is 1.44 bits per heavy atom. The SMILES string of the molecule is CCCNc1nc(C2CCCC(C)C2)ncc1I. The molecule has 1 aromatic heterocycles. The first kappa shape index (κ1) is 14.0. The molecule has 18 heavy (non-hydrogen) atoms. The van der Waals surface area contributed by atoms with E-state index in [1.54, 1.807) is 0 Å². The largest absolute Gasteiger partial charge is 0.369 e. The molecule has 2 rings (SSSR count). The van der Waals surface area contributed by atoms with E-state index in [-0.39, 0.29) is 0 Å². The van der Waals surface area contributed by atoms with Gasteiger partial charge in [0.05, 0.1) is 3.57 Å². The zero-order valence-electron chi connectivity index (χ0n) is 11.2. The summed E-state index contributed by atoms with van der Waals surface area (Å²) in [4.78, 5) is 9.28. The van der Waals surface area contributed by atoms with Crippen molar-refractivity contribution in [1.29, 1.82) is 0 Å². The first-order valence-corrected chi connectivity index (χ1v) is 8.05. The van der Waals surface area contributed by atoms with Crippen LogP contribution in [0.25, 0.3) is 0 Å². The standard InChI is InChI=1S/C14H22IN3/c1-3-7-16-14-12(15)9-17-13(18-14)11-6-4-5-10(2)8-11/h9-11H,3-8H2,1-2H3,(H,16,17,18). The van der Waals surface area contributed by atoms with Gasteiger partial charge in [-0.25, -0.2) is 9.97 Å². The second-order valence-electron chi connectivity index (χ2n) is 5.32. The number of nitrogens with one attached hydrogen (secondary N) is 1. The summed E-state index contributed by atoms with van der Waals surface area (Å²) in [5, 5.41) is 3.39. The van der Waals surface area contributed by atoms with Crippen LogP contribution >= 0.6 is 22.6 Å². The van der Waals surface area contributed by atoms with Crippen molar-refractivity contribution in [1.82, 2.24) is 9.97 Å². The molecule has 0 saturated heterocycles. The molecule has 1 saturated carbocycles. The third-order valence-electron chi connectivity index (χ3n) is 3.61. The molecule has 0 spiro atoms. The van der Waals surface area contributed by atoms with Gasteiger partial charge < -0.3 is 5.32 Å². The second kappa shape index (κ2) is 6.68. The lowest BCUT2D eigenvalue weighted by molar-refractivity contribution is 0.335. The molecule has 1 heterocycles.